The maximum Gasteiger partial charge on any atom is 0.335 e. The van der Waals surface area contributed by atoms with Gasteiger partial charge in [0.25, 0.3) is 0 Å². The van der Waals surface area contributed by atoms with Crippen LogP contribution in [0.15, 0.2) is 29.2 Å². The van der Waals surface area contributed by atoms with E-state index in [0.29, 0.717) is 36.3 Å². The first-order valence-electron chi connectivity index (χ1n) is 7.81. The van der Waals surface area contributed by atoms with E-state index in [4.69, 9.17) is 5.26 Å². The highest BCUT2D eigenvalue weighted by atomic mass is 32.2. The average Bonchev–Trinajstić information content (AvgIpc) is 2.54. The molecular formula is C17H21N3O4S. The Morgan fingerprint density at radius 3 is 2.36 bits per heavy atom. The van der Waals surface area contributed by atoms with Crippen LogP contribution < -0.4 is 0 Å². The number of benzene rings is 1. The number of hydrogen-bond acceptors (Lipinski definition) is 5. The summed E-state index contributed by atoms with van der Waals surface area (Å²) >= 11 is 0. The van der Waals surface area contributed by atoms with Gasteiger partial charge in [0.2, 0.25) is 10.0 Å². The van der Waals surface area contributed by atoms with Gasteiger partial charge in [0.05, 0.1) is 16.5 Å². The molecule has 8 heteroatoms. The van der Waals surface area contributed by atoms with E-state index in [9.17, 15) is 18.3 Å². The minimum Gasteiger partial charge on any atom is -0.478 e. The van der Waals surface area contributed by atoms with Crippen molar-refractivity contribution in [3.63, 3.8) is 0 Å². The molecule has 0 aliphatic carbocycles. The lowest BCUT2D eigenvalue weighted by atomic mass is 10.1. The smallest absolute Gasteiger partial charge is 0.335 e. The lowest BCUT2D eigenvalue weighted by Gasteiger charge is -2.34. The van der Waals surface area contributed by atoms with E-state index in [2.05, 4.69) is 6.58 Å². The second-order valence-corrected chi connectivity index (χ2v) is 8.04. The summed E-state index contributed by atoms with van der Waals surface area (Å²) in [5.74, 6) is -1.14. The molecule has 0 atom stereocenters. The Labute approximate surface area is 147 Å². The summed E-state index contributed by atoms with van der Waals surface area (Å²) < 4.78 is 27.2. The third kappa shape index (κ3) is 4.07. The van der Waals surface area contributed by atoms with Crippen molar-refractivity contribution in [2.75, 3.05) is 32.7 Å². The molecule has 1 aliphatic rings. The first-order chi connectivity index (χ1) is 11.7. The maximum atomic E-state index is 12.9. The maximum absolute atomic E-state index is 12.9. The van der Waals surface area contributed by atoms with Crippen LogP contribution in [0.3, 0.4) is 0 Å². The van der Waals surface area contributed by atoms with Crippen molar-refractivity contribution in [1.82, 2.24) is 9.21 Å². The highest BCUT2D eigenvalue weighted by molar-refractivity contribution is 7.89. The van der Waals surface area contributed by atoms with Crippen molar-refractivity contribution in [3.8, 4) is 6.07 Å². The number of nitriles is 1. The van der Waals surface area contributed by atoms with E-state index in [-0.39, 0.29) is 23.5 Å². The van der Waals surface area contributed by atoms with Crippen LogP contribution in [0.2, 0.25) is 0 Å². The van der Waals surface area contributed by atoms with E-state index in [1.165, 1.54) is 10.4 Å². The Morgan fingerprint density at radius 2 is 1.84 bits per heavy atom. The van der Waals surface area contributed by atoms with Crippen molar-refractivity contribution < 1.29 is 18.3 Å². The summed E-state index contributed by atoms with van der Waals surface area (Å²) in [4.78, 5) is 13.3. The van der Waals surface area contributed by atoms with Crippen LogP contribution in [0.5, 0.6) is 0 Å². The minimum absolute atomic E-state index is 0.00636. The fraction of sp³-hybridized carbons (Fsp3) is 0.412. The fourth-order valence-electron chi connectivity index (χ4n) is 2.91. The summed E-state index contributed by atoms with van der Waals surface area (Å²) in [6, 6.07) is 4.81. The number of hydrogen-bond donors (Lipinski definition) is 1. The standard InChI is InChI=1S/C17H21N3O4S/c1-12(10-18)11-19-4-6-20(7-5-19)25(23,24)16-9-15(17(21)22)13(2)8-14(16)3/h8-9H,1,4-7,11H2,2-3H3,(H,21,22). The first-order valence-corrected chi connectivity index (χ1v) is 9.25. The van der Waals surface area contributed by atoms with Crippen LogP contribution >= 0.6 is 0 Å². The molecule has 1 saturated heterocycles. The number of rotatable bonds is 5. The van der Waals surface area contributed by atoms with Crippen LogP contribution in [0.1, 0.15) is 21.5 Å². The van der Waals surface area contributed by atoms with Crippen molar-refractivity contribution >= 4 is 16.0 Å². The van der Waals surface area contributed by atoms with Gasteiger partial charge in [-0.25, -0.2) is 13.2 Å². The second-order valence-electron chi connectivity index (χ2n) is 6.13. The van der Waals surface area contributed by atoms with Gasteiger partial charge in [0.1, 0.15) is 0 Å². The van der Waals surface area contributed by atoms with E-state index < -0.39 is 16.0 Å². The van der Waals surface area contributed by atoms with Crippen molar-refractivity contribution in [2.45, 2.75) is 18.7 Å². The van der Waals surface area contributed by atoms with Crippen LogP contribution in [-0.2, 0) is 10.0 Å². The van der Waals surface area contributed by atoms with E-state index in [1.54, 1.807) is 19.9 Å². The normalized spacial score (nSPS) is 16.4. The largest absolute Gasteiger partial charge is 0.478 e. The molecule has 1 aliphatic heterocycles. The van der Waals surface area contributed by atoms with Gasteiger partial charge in [0.15, 0.2) is 0 Å². The molecule has 1 heterocycles. The van der Waals surface area contributed by atoms with E-state index >= 15 is 0 Å². The molecule has 0 bridgehead atoms. The molecule has 134 valence electrons. The number of carbonyl (C=O) groups is 1. The zero-order chi connectivity index (χ0) is 18.8. The van der Waals surface area contributed by atoms with Gasteiger partial charge in [0, 0.05) is 38.3 Å². The topological polar surface area (TPSA) is 102 Å². The number of carboxylic acid groups (broad SMARTS) is 1. The predicted molar refractivity (Wildman–Crippen MR) is 92.8 cm³/mol. The summed E-state index contributed by atoms with van der Waals surface area (Å²) in [5, 5.41) is 18.0. The third-order valence-electron chi connectivity index (χ3n) is 4.27. The van der Waals surface area contributed by atoms with Gasteiger partial charge in [-0.1, -0.05) is 12.6 Å². The van der Waals surface area contributed by atoms with Crippen molar-refractivity contribution in [3.05, 3.63) is 41.0 Å². The molecule has 25 heavy (non-hydrogen) atoms. The first kappa shape index (κ1) is 19.1. The summed E-state index contributed by atoms with van der Waals surface area (Å²) in [7, 11) is -3.77. The van der Waals surface area contributed by atoms with Gasteiger partial charge >= 0.3 is 5.97 Å². The molecule has 0 unspecified atom stereocenters. The summed E-state index contributed by atoms with van der Waals surface area (Å²) in [6.45, 7) is 8.95. The second kappa shape index (κ2) is 7.35. The molecule has 1 N–H and O–H groups in total. The van der Waals surface area contributed by atoms with Crippen LogP contribution in [0.4, 0.5) is 0 Å². The number of sulfonamides is 1. The Morgan fingerprint density at radius 1 is 1.24 bits per heavy atom. The zero-order valence-electron chi connectivity index (χ0n) is 14.3. The monoisotopic (exact) mass is 363 g/mol. The van der Waals surface area contributed by atoms with Gasteiger partial charge in [-0.2, -0.15) is 9.57 Å². The highest BCUT2D eigenvalue weighted by Crippen LogP contribution is 2.25. The van der Waals surface area contributed by atoms with E-state index in [1.807, 2.05) is 11.0 Å². The van der Waals surface area contributed by atoms with Gasteiger partial charge in [-0.3, -0.25) is 4.90 Å². The number of aromatic carboxylic acids is 1. The van der Waals surface area contributed by atoms with Gasteiger partial charge in [-0.15, -0.1) is 0 Å². The van der Waals surface area contributed by atoms with Gasteiger partial charge < -0.3 is 5.11 Å². The summed E-state index contributed by atoms with van der Waals surface area (Å²) in [6.07, 6.45) is 0. The van der Waals surface area contributed by atoms with Crippen LogP contribution in [-0.4, -0.2) is 61.4 Å². The Balaban J connectivity index is 2.23. The Kier molecular flexibility index (Phi) is 5.62. The SMILES string of the molecule is C=C(C#N)CN1CCN(S(=O)(=O)c2cc(C(=O)O)c(C)cc2C)CC1. The Hall–Kier alpha value is -2.21. The number of piperazine rings is 1. The average molecular weight is 363 g/mol. The van der Waals surface area contributed by atoms with E-state index in [0.717, 1.165) is 0 Å². The molecule has 1 aromatic rings. The lowest BCUT2D eigenvalue weighted by Crippen LogP contribution is -2.49. The van der Waals surface area contributed by atoms with Crippen molar-refractivity contribution in [1.29, 1.82) is 5.26 Å². The minimum atomic E-state index is -3.77. The molecule has 0 aromatic heterocycles. The molecule has 7 nitrogen and oxygen atoms in total. The molecule has 0 radical (unpaired) electrons. The van der Waals surface area contributed by atoms with Crippen LogP contribution in [0.25, 0.3) is 0 Å². The number of carboxylic acids is 1. The zero-order valence-corrected chi connectivity index (χ0v) is 15.1. The quantitative estimate of drug-likeness (QED) is 0.793. The number of nitrogens with zero attached hydrogens (tertiary/aromatic N) is 3. The molecule has 1 fully saturated rings. The van der Waals surface area contributed by atoms with Crippen molar-refractivity contribution in [2.24, 2.45) is 0 Å². The molecule has 0 saturated carbocycles. The van der Waals surface area contributed by atoms with Gasteiger partial charge in [-0.05, 0) is 31.0 Å². The predicted octanol–water partition coefficient (Wildman–Crippen LogP) is 1.39. The van der Waals surface area contributed by atoms with Crippen LogP contribution in [0, 0.1) is 25.2 Å². The number of aryl methyl sites for hydroxylation is 2. The lowest BCUT2D eigenvalue weighted by molar-refractivity contribution is 0.0696. The summed E-state index contributed by atoms with van der Waals surface area (Å²) in [5.41, 5.74) is 1.50. The molecule has 0 amide bonds. The molecular weight excluding hydrogens is 342 g/mol. The molecule has 1 aromatic carbocycles. The molecule has 0 spiro atoms. The molecule has 2 rings (SSSR count). The Bertz CT molecular complexity index is 847. The third-order valence-corrected chi connectivity index (χ3v) is 6.31. The fourth-order valence-corrected chi connectivity index (χ4v) is 4.57. The highest BCUT2D eigenvalue weighted by Gasteiger charge is 2.30.